The topological polar surface area (TPSA) is 89.0 Å². The van der Waals surface area contributed by atoms with Crippen LogP contribution in [0.3, 0.4) is 0 Å². The summed E-state index contributed by atoms with van der Waals surface area (Å²) in [6.07, 6.45) is 5.76. The van der Waals surface area contributed by atoms with Crippen LogP contribution in [0.1, 0.15) is 38.5 Å². The van der Waals surface area contributed by atoms with Crippen LogP contribution in [0, 0.1) is 0 Å². The molecule has 1 aromatic carbocycles. The fourth-order valence-corrected chi connectivity index (χ4v) is 4.57. The smallest absolute Gasteiger partial charge is 0.240 e. The highest BCUT2D eigenvalue weighted by molar-refractivity contribution is 8.15. The van der Waals surface area contributed by atoms with Gasteiger partial charge in [0.1, 0.15) is 16.7 Å². The summed E-state index contributed by atoms with van der Waals surface area (Å²) in [5, 5.41) is 6.08. The third kappa shape index (κ3) is 5.11. The fourth-order valence-electron chi connectivity index (χ4n) is 3.30. The highest BCUT2D eigenvalue weighted by atomic mass is 35.5. The zero-order chi connectivity index (χ0) is 20.1. The predicted molar refractivity (Wildman–Crippen MR) is 112 cm³/mol. The van der Waals surface area contributed by atoms with Crippen LogP contribution in [0.15, 0.2) is 17.1 Å². The maximum Gasteiger partial charge on any atom is 0.240 e. The second-order valence-corrected chi connectivity index (χ2v) is 8.36. The van der Waals surface area contributed by atoms with Gasteiger partial charge in [0, 0.05) is 18.6 Å². The van der Waals surface area contributed by atoms with E-state index >= 15 is 0 Å². The molecule has 0 radical (unpaired) electrons. The Balaban J connectivity index is 1.62. The molecular weight excluding hydrogens is 402 g/mol. The molecular formula is C19H24ClN3O4S. The fraction of sp³-hybridized carbons (Fsp3) is 0.526. The van der Waals surface area contributed by atoms with E-state index in [0.29, 0.717) is 27.4 Å². The zero-order valence-electron chi connectivity index (χ0n) is 15.9. The van der Waals surface area contributed by atoms with Crippen molar-refractivity contribution in [1.82, 2.24) is 5.32 Å². The van der Waals surface area contributed by atoms with Crippen LogP contribution in [0.2, 0.25) is 5.02 Å². The van der Waals surface area contributed by atoms with Crippen molar-refractivity contribution in [3.05, 3.63) is 17.2 Å². The van der Waals surface area contributed by atoms with E-state index in [-0.39, 0.29) is 24.3 Å². The first kappa shape index (κ1) is 20.8. The number of amides is 2. The quantitative estimate of drug-likeness (QED) is 0.726. The van der Waals surface area contributed by atoms with E-state index in [1.807, 2.05) is 0 Å². The molecule has 0 bridgehead atoms. The van der Waals surface area contributed by atoms with Gasteiger partial charge in [0.25, 0.3) is 0 Å². The van der Waals surface area contributed by atoms with Crippen LogP contribution in [0.4, 0.5) is 5.69 Å². The molecule has 0 unspecified atom stereocenters. The van der Waals surface area contributed by atoms with Crippen molar-refractivity contribution in [1.29, 1.82) is 0 Å². The molecule has 0 aromatic heterocycles. The number of thioether (sulfide) groups is 1. The zero-order valence-corrected chi connectivity index (χ0v) is 17.5. The van der Waals surface area contributed by atoms with Crippen molar-refractivity contribution in [3.63, 3.8) is 0 Å². The molecule has 3 rings (SSSR count). The number of nitrogens with zero attached hydrogens (tertiary/aromatic N) is 1. The molecule has 1 aromatic rings. The molecule has 7 nitrogen and oxygen atoms in total. The molecule has 0 spiro atoms. The molecule has 1 aliphatic heterocycles. The predicted octanol–water partition coefficient (Wildman–Crippen LogP) is 3.61. The summed E-state index contributed by atoms with van der Waals surface area (Å²) < 4.78 is 10.4. The summed E-state index contributed by atoms with van der Waals surface area (Å²) >= 11 is 7.41. The van der Waals surface area contributed by atoms with E-state index in [1.54, 1.807) is 12.1 Å². The number of rotatable bonds is 6. The molecule has 1 saturated carbocycles. The second kappa shape index (κ2) is 9.52. The number of methoxy groups -OCH3 is 2. The largest absolute Gasteiger partial charge is 0.495 e. The number of carbonyl (C=O) groups is 2. The lowest BCUT2D eigenvalue weighted by atomic mass is 9.96. The van der Waals surface area contributed by atoms with Gasteiger partial charge >= 0.3 is 0 Å². The van der Waals surface area contributed by atoms with Gasteiger partial charge in [0.15, 0.2) is 5.17 Å². The normalized spacial score (nSPS) is 21.5. The Hall–Kier alpha value is -1.93. The first-order valence-corrected chi connectivity index (χ1v) is 10.5. The van der Waals surface area contributed by atoms with Gasteiger partial charge in [-0.05, 0) is 12.8 Å². The SMILES string of the molecule is COc1cc(NC(=O)C[C@H]2SC(=NC3CCCCC3)NC2=O)c(OC)cc1Cl. The third-order valence-corrected chi connectivity index (χ3v) is 6.16. The molecule has 9 heteroatoms. The van der Waals surface area contributed by atoms with Gasteiger partial charge in [-0.2, -0.15) is 0 Å². The maximum absolute atomic E-state index is 12.5. The van der Waals surface area contributed by atoms with Crippen molar-refractivity contribution in [2.24, 2.45) is 4.99 Å². The highest BCUT2D eigenvalue weighted by Gasteiger charge is 2.33. The van der Waals surface area contributed by atoms with Crippen LogP contribution >= 0.6 is 23.4 Å². The van der Waals surface area contributed by atoms with Crippen LogP contribution in [-0.2, 0) is 9.59 Å². The van der Waals surface area contributed by atoms with Crippen LogP contribution in [0.25, 0.3) is 0 Å². The molecule has 1 aliphatic carbocycles. The number of halogens is 1. The van der Waals surface area contributed by atoms with Gasteiger partial charge < -0.3 is 20.1 Å². The van der Waals surface area contributed by atoms with Gasteiger partial charge in [0.05, 0.1) is 31.0 Å². The average molecular weight is 426 g/mol. The van der Waals surface area contributed by atoms with Crippen LogP contribution in [-0.4, -0.2) is 42.5 Å². The minimum Gasteiger partial charge on any atom is -0.495 e. The highest BCUT2D eigenvalue weighted by Crippen LogP contribution is 2.36. The number of nitrogens with one attached hydrogen (secondary N) is 2. The van der Waals surface area contributed by atoms with E-state index in [2.05, 4.69) is 15.6 Å². The Labute approximate surface area is 173 Å². The molecule has 2 aliphatic rings. The van der Waals surface area contributed by atoms with E-state index in [0.717, 1.165) is 12.8 Å². The standard InChI is InChI=1S/C19H24ClN3O4S/c1-26-14-9-13(15(27-2)8-12(14)20)22-17(24)10-16-18(25)23-19(28-16)21-11-6-4-3-5-7-11/h8-9,11,16H,3-7,10H2,1-2H3,(H,22,24)(H,21,23,25)/t16-/m1/s1. The second-order valence-electron chi connectivity index (χ2n) is 6.76. The Morgan fingerprint density at radius 3 is 2.64 bits per heavy atom. The summed E-state index contributed by atoms with van der Waals surface area (Å²) in [4.78, 5) is 29.4. The molecule has 152 valence electrons. The van der Waals surface area contributed by atoms with Gasteiger partial charge in [-0.1, -0.05) is 42.6 Å². The van der Waals surface area contributed by atoms with Crippen molar-refractivity contribution in [2.75, 3.05) is 19.5 Å². The number of anilines is 1. The summed E-state index contributed by atoms with van der Waals surface area (Å²) in [5.74, 6) is 0.361. The molecule has 28 heavy (non-hydrogen) atoms. The first-order valence-electron chi connectivity index (χ1n) is 9.27. The number of amidine groups is 1. The van der Waals surface area contributed by atoms with Crippen molar-refractivity contribution >= 4 is 46.0 Å². The van der Waals surface area contributed by atoms with Crippen LogP contribution < -0.4 is 20.1 Å². The van der Waals surface area contributed by atoms with Gasteiger partial charge in [-0.25, -0.2) is 0 Å². The van der Waals surface area contributed by atoms with Crippen LogP contribution in [0.5, 0.6) is 11.5 Å². The Morgan fingerprint density at radius 2 is 1.96 bits per heavy atom. The number of carbonyl (C=O) groups excluding carboxylic acids is 2. The number of aliphatic imine (C=N–C) groups is 1. The van der Waals surface area contributed by atoms with Crippen molar-refractivity contribution in [2.45, 2.75) is 49.8 Å². The van der Waals surface area contributed by atoms with Crippen molar-refractivity contribution in [3.8, 4) is 11.5 Å². The molecule has 2 amide bonds. The van der Waals surface area contributed by atoms with Crippen molar-refractivity contribution < 1.29 is 19.1 Å². The summed E-state index contributed by atoms with van der Waals surface area (Å²) in [7, 11) is 2.98. The van der Waals surface area contributed by atoms with Gasteiger partial charge in [0.2, 0.25) is 11.8 Å². The van der Waals surface area contributed by atoms with Gasteiger partial charge in [-0.3, -0.25) is 14.6 Å². The minimum atomic E-state index is -0.498. The Bertz CT molecular complexity index is 781. The number of hydrogen-bond acceptors (Lipinski definition) is 6. The van der Waals surface area contributed by atoms with E-state index in [4.69, 9.17) is 21.1 Å². The molecule has 2 fully saturated rings. The first-order chi connectivity index (χ1) is 13.5. The lowest BCUT2D eigenvalue weighted by molar-refractivity contribution is -0.122. The molecule has 1 saturated heterocycles. The Morgan fingerprint density at radius 1 is 1.25 bits per heavy atom. The average Bonchev–Trinajstić information content (AvgIpc) is 3.02. The molecule has 1 heterocycles. The molecule has 2 N–H and O–H groups in total. The number of hydrogen-bond donors (Lipinski definition) is 2. The van der Waals surface area contributed by atoms with E-state index in [9.17, 15) is 9.59 Å². The summed E-state index contributed by atoms with van der Waals surface area (Å²) in [6.45, 7) is 0. The lowest BCUT2D eigenvalue weighted by Crippen LogP contribution is -2.28. The lowest BCUT2D eigenvalue weighted by Gasteiger charge is -2.17. The summed E-state index contributed by atoms with van der Waals surface area (Å²) in [5.41, 5.74) is 0.438. The number of ether oxygens (including phenoxy) is 2. The monoisotopic (exact) mass is 425 g/mol. The maximum atomic E-state index is 12.5. The summed E-state index contributed by atoms with van der Waals surface area (Å²) in [6, 6.07) is 3.44. The number of benzene rings is 1. The van der Waals surface area contributed by atoms with Gasteiger partial charge in [-0.15, -0.1) is 0 Å². The minimum absolute atomic E-state index is 0.0360. The Kier molecular flexibility index (Phi) is 7.07. The molecule has 1 atom stereocenters. The van der Waals surface area contributed by atoms with E-state index < -0.39 is 5.25 Å². The third-order valence-electron chi connectivity index (χ3n) is 4.77. The van der Waals surface area contributed by atoms with E-state index in [1.165, 1.54) is 45.2 Å².